The van der Waals surface area contributed by atoms with Crippen LogP contribution < -0.4 is 5.73 Å². The van der Waals surface area contributed by atoms with Gasteiger partial charge < -0.3 is 15.7 Å². The highest BCUT2D eigenvalue weighted by Gasteiger charge is 2.24. The van der Waals surface area contributed by atoms with Gasteiger partial charge in [0, 0.05) is 24.4 Å². The van der Waals surface area contributed by atoms with Crippen LogP contribution in [-0.4, -0.2) is 41.7 Å². The standard InChI is InChI=1S/C10H17N3OS/c1-13-3-2-7(5-13)8-6-15-10(12-8)9(14)4-11/h6-7,9,14H,2-5,11H2,1H3. The van der Waals surface area contributed by atoms with Crippen molar-refractivity contribution in [3.05, 3.63) is 16.1 Å². The van der Waals surface area contributed by atoms with Crippen molar-refractivity contribution in [3.63, 3.8) is 0 Å². The van der Waals surface area contributed by atoms with Gasteiger partial charge in [0.05, 0.1) is 5.69 Å². The average Bonchev–Trinajstić information content (AvgIpc) is 2.84. The summed E-state index contributed by atoms with van der Waals surface area (Å²) in [7, 11) is 2.13. The molecule has 0 spiro atoms. The third kappa shape index (κ3) is 2.36. The maximum atomic E-state index is 9.55. The highest BCUT2D eigenvalue weighted by Crippen LogP contribution is 2.28. The van der Waals surface area contributed by atoms with E-state index in [1.807, 2.05) is 0 Å². The fraction of sp³-hybridized carbons (Fsp3) is 0.700. The van der Waals surface area contributed by atoms with Crippen LogP contribution >= 0.6 is 11.3 Å². The first-order valence-electron chi connectivity index (χ1n) is 5.22. The first-order chi connectivity index (χ1) is 7.20. The molecule has 15 heavy (non-hydrogen) atoms. The van der Waals surface area contributed by atoms with E-state index in [-0.39, 0.29) is 6.54 Å². The quantitative estimate of drug-likeness (QED) is 0.792. The molecule has 2 rings (SSSR count). The molecule has 1 aliphatic rings. The maximum absolute atomic E-state index is 9.55. The maximum Gasteiger partial charge on any atom is 0.123 e. The number of aromatic nitrogens is 1. The lowest BCUT2D eigenvalue weighted by molar-refractivity contribution is 0.186. The number of nitrogens with zero attached hydrogens (tertiary/aromatic N) is 2. The SMILES string of the molecule is CN1CCC(c2csc(C(O)CN)n2)C1. The van der Waals surface area contributed by atoms with Crippen molar-refractivity contribution in [2.24, 2.45) is 5.73 Å². The van der Waals surface area contributed by atoms with Crippen molar-refractivity contribution >= 4 is 11.3 Å². The molecule has 0 aromatic carbocycles. The van der Waals surface area contributed by atoms with E-state index < -0.39 is 6.10 Å². The molecule has 4 nitrogen and oxygen atoms in total. The van der Waals surface area contributed by atoms with Crippen LogP contribution in [0, 0.1) is 0 Å². The third-order valence-corrected chi connectivity index (χ3v) is 3.82. The number of hydrogen-bond donors (Lipinski definition) is 2. The van der Waals surface area contributed by atoms with Gasteiger partial charge in [-0.25, -0.2) is 4.98 Å². The topological polar surface area (TPSA) is 62.4 Å². The number of aliphatic hydroxyl groups excluding tert-OH is 1. The lowest BCUT2D eigenvalue weighted by Crippen LogP contribution is -2.14. The van der Waals surface area contributed by atoms with E-state index in [9.17, 15) is 5.11 Å². The Hall–Kier alpha value is -0.490. The van der Waals surface area contributed by atoms with Crippen LogP contribution in [0.4, 0.5) is 0 Å². The predicted octanol–water partition coefficient (Wildman–Crippen LogP) is 0.554. The highest BCUT2D eigenvalue weighted by atomic mass is 32.1. The van der Waals surface area contributed by atoms with Crippen molar-refractivity contribution in [3.8, 4) is 0 Å². The van der Waals surface area contributed by atoms with E-state index in [0.717, 1.165) is 23.8 Å². The van der Waals surface area contributed by atoms with E-state index in [4.69, 9.17) is 5.73 Å². The van der Waals surface area contributed by atoms with Crippen molar-refractivity contribution in [1.29, 1.82) is 0 Å². The van der Waals surface area contributed by atoms with Crippen molar-refractivity contribution < 1.29 is 5.11 Å². The molecule has 0 saturated carbocycles. The van der Waals surface area contributed by atoms with E-state index >= 15 is 0 Å². The lowest BCUT2D eigenvalue weighted by atomic mass is 10.1. The van der Waals surface area contributed by atoms with Gasteiger partial charge in [-0.2, -0.15) is 0 Å². The molecule has 2 atom stereocenters. The molecule has 1 fully saturated rings. The Morgan fingerprint density at radius 1 is 1.80 bits per heavy atom. The lowest BCUT2D eigenvalue weighted by Gasteiger charge is -2.07. The Bertz CT molecular complexity index is 328. The molecule has 3 N–H and O–H groups in total. The fourth-order valence-electron chi connectivity index (χ4n) is 1.92. The first-order valence-corrected chi connectivity index (χ1v) is 6.10. The van der Waals surface area contributed by atoms with Gasteiger partial charge in [0.2, 0.25) is 0 Å². The molecule has 1 aromatic heterocycles. The Morgan fingerprint density at radius 3 is 3.20 bits per heavy atom. The monoisotopic (exact) mass is 227 g/mol. The normalized spacial score (nSPS) is 24.6. The molecule has 0 aliphatic carbocycles. The Labute approximate surface area is 93.7 Å². The third-order valence-electron chi connectivity index (χ3n) is 2.86. The van der Waals surface area contributed by atoms with Crippen LogP contribution in [0.25, 0.3) is 0 Å². The van der Waals surface area contributed by atoms with E-state index in [2.05, 4.69) is 22.3 Å². The highest BCUT2D eigenvalue weighted by molar-refractivity contribution is 7.09. The summed E-state index contributed by atoms with van der Waals surface area (Å²) in [4.78, 5) is 6.77. The van der Waals surface area contributed by atoms with Crippen LogP contribution in [0.1, 0.15) is 29.1 Å². The molecule has 0 radical (unpaired) electrons. The molecule has 1 aromatic rings. The average molecular weight is 227 g/mol. The van der Waals surface area contributed by atoms with Crippen LogP contribution in [0.2, 0.25) is 0 Å². The van der Waals surface area contributed by atoms with Gasteiger partial charge in [-0.05, 0) is 20.0 Å². The van der Waals surface area contributed by atoms with Gasteiger partial charge in [-0.15, -0.1) is 11.3 Å². The van der Waals surface area contributed by atoms with Crippen LogP contribution in [0.5, 0.6) is 0 Å². The van der Waals surface area contributed by atoms with Crippen molar-refractivity contribution in [1.82, 2.24) is 9.88 Å². The van der Waals surface area contributed by atoms with Gasteiger partial charge in [-0.1, -0.05) is 0 Å². The van der Waals surface area contributed by atoms with E-state index in [0.29, 0.717) is 5.92 Å². The summed E-state index contributed by atoms with van der Waals surface area (Å²) in [6.45, 7) is 2.45. The number of thiazole rings is 1. The van der Waals surface area contributed by atoms with E-state index in [1.165, 1.54) is 17.8 Å². The summed E-state index contributed by atoms with van der Waals surface area (Å²) in [5, 5.41) is 12.4. The number of rotatable bonds is 3. The largest absolute Gasteiger partial charge is 0.385 e. The Morgan fingerprint density at radius 2 is 2.60 bits per heavy atom. The second kappa shape index (κ2) is 4.57. The summed E-state index contributed by atoms with van der Waals surface area (Å²) in [6.07, 6.45) is 0.571. The van der Waals surface area contributed by atoms with Crippen molar-refractivity contribution in [2.45, 2.75) is 18.4 Å². The molecule has 84 valence electrons. The second-order valence-electron chi connectivity index (χ2n) is 4.11. The molecular formula is C10H17N3OS. The van der Waals surface area contributed by atoms with Gasteiger partial charge >= 0.3 is 0 Å². The molecule has 0 amide bonds. The van der Waals surface area contributed by atoms with Gasteiger partial charge in [0.1, 0.15) is 11.1 Å². The molecule has 2 unspecified atom stereocenters. The first kappa shape index (κ1) is 11.0. The number of likely N-dealkylation sites (tertiary alicyclic amines) is 1. The molecule has 0 bridgehead atoms. The van der Waals surface area contributed by atoms with Crippen molar-refractivity contribution in [2.75, 3.05) is 26.7 Å². The molecule has 2 heterocycles. The summed E-state index contributed by atoms with van der Waals surface area (Å²) in [6, 6.07) is 0. The minimum absolute atomic E-state index is 0.248. The van der Waals surface area contributed by atoms with Crippen LogP contribution in [0.3, 0.4) is 0 Å². The minimum atomic E-state index is -0.595. The number of hydrogen-bond acceptors (Lipinski definition) is 5. The number of likely N-dealkylation sites (N-methyl/N-ethyl adjacent to an activating group) is 1. The molecule has 5 heteroatoms. The molecule has 1 aliphatic heterocycles. The summed E-state index contributed by atoms with van der Waals surface area (Å²) >= 11 is 1.51. The number of nitrogens with two attached hydrogens (primary N) is 1. The minimum Gasteiger partial charge on any atom is -0.385 e. The van der Waals surface area contributed by atoms with Crippen LogP contribution in [-0.2, 0) is 0 Å². The second-order valence-corrected chi connectivity index (χ2v) is 5.00. The van der Waals surface area contributed by atoms with Gasteiger partial charge in [0.15, 0.2) is 0 Å². The van der Waals surface area contributed by atoms with Crippen LogP contribution in [0.15, 0.2) is 5.38 Å². The Balaban J connectivity index is 2.07. The summed E-state index contributed by atoms with van der Waals surface area (Å²) in [5.41, 5.74) is 6.51. The zero-order valence-corrected chi connectivity index (χ0v) is 9.70. The molecule has 1 saturated heterocycles. The van der Waals surface area contributed by atoms with Gasteiger partial charge in [0.25, 0.3) is 0 Å². The number of aliphatic hydroxyl groups is 1. The zero-order chi connectivity index (χ0) is 10.8. The summed E-state index contributed by atoms with van der Waals surface area (Å²) < 4.78 is 0. The fourth-order valence-corrected chi connectivity index (χ4v) is 2.82. The predicted molar refractivity (Wildman–Crippen MR) is 61.0 cm³/mol. The zero-order valence-electron chi connectivity index (χ0n) is 8.89. The molecular weight excluding hydrogens is 210 g/mol. The summed E-state index contributed by atoms with van der Waals surface area (Å²) in [5.74, 6) is 0.532. The smallest absolute Gasteiger partial charge is 0.123 e. The van der Waals surface area contributed by atoms with Gasteiger partial charge in [-0.3, -0.25) is 0 Å². The van der Waals surface area contributed by atoms with E-state index in [1.54, 1.807) is 0 Å². The Kier molecular flexibility index (Phi) is 3.35.